The van der Waals surface area contributed by atoms with E-state index in [1.807, 2.05) is 50.2 Å². The smallest absolute Gasteiger partial charge is 0.224 e. The van der Waals surface area contributed by atoms with Crippen LogP contribution in [0.5, 0.6) is 0 Å². The summed E-state index contributed by atoms with van der Waals surface area (Å²) in [5, 5.41) is 7.24. The lowest BCUT2D eigenvalue weighted by molar-refractivity contribution is -0.116. The number of carbonyl (C=O) groups excluding carboxylic acids is 1. The van der Waals surface area contributed by atoms with Crippen molar-refractivity contribution in [3.05, 3.63) is 59.9 Å². The van der Waals surface area contributed by atoms with Gasteiger partial charge in [0.05, 0.1) is 5.52 Å². The van der Waals surface area contributed by atoms with Crippen molar-refractivity contribution >= 4 is 28.3 Å². The monoisotopic (exact) mass is 334 g/mol. The predicted octanol–water partition coefficient (Wildman–Crippen LogP) is 4.08. The third kappa shape index (κ3) is 4.53. The van der Waals surface area contributed by atoms with Crippen LogP contribution in [0.15, 0.2) is 48.8 Å². The molecule has 5 nitrogen and oxygen atoms in total. The van der Waals surface area contributed by atoms with Gasteiger partial charge in [0.15, 0.2) is 0 Å². The van der Waals surface area contributed by atoms with Crippen LogP contribution in [0.25, 0.3) is 10.9 Å². The SMILES string of the molecule is Cc1cc(C)cc(NC(=O)CCCNc2ncnc3ccccc23)c1. The van der Waals surface area contributed by atoms with Crippen molar-refractivity contribution in [2.24, 2.45) is 0 Å². The summed E-state index contributed by atoms with van der Waals surface area (Å²) in [5.41, 5.74) is 4.06. The Balaban J connectivity index is 1.50. The molecule has 25 heavy (non-hydrogen) atoms. The normalized spacial score (nSPS) is 10.6. The summed E-state index contributed by atoms with van der Waals surface area (Å²) in [4.78, 5) is 20.6. The Labute approximate surface area is 147 Å². The van der Waals surface area contributed by atoms with Gasteiger partial charge in [-0.05, 0) is 55.7 Å². The van der Waals surface area contributed by atoms with Crippen molar-refractivity contribution in [3.8, 4) is 0 Å². The number of fused-ring (bicyclic) bond motifs is 1. The number of hydrogen-bond acceptors (Lipinski definition) is 4. The van der Waals surface area contributed by atoms with E-state index in [4.69, 9.17) is 0 Å². The van der Waals surface area contributed by atoms with Gasteiger partial charge in [0.2, 0.25) is 5.91 Å². The van der Waals surface area contributed by atoms with Crippen molar-refractivity contribution < 1.29 is 4.79 Å². The lowest BCUT2D eigenvalue weighted by atomic mass is 10.1. The van der Waals surface area contributed by atoms with Crippen LogP contribution in [0.2, 0.25) is 0 Å². The van der Waals surface area contributed by atoms with E-state index < -0.39 is 0 Å². The van der Waals surface area contributed by atoms with Gasteiger partial charge in [-0.15, -0.1) is 0 Å². The molecule has 128 valence electrons. The zero-order valence-corrected chi connectivity index (χ0v) is 14.5. The van der Waals surface area contributed by atoms with Crippen LogP contribution < -0.4 is 10.6 Å². The molecule has 0 bridgehead atoms. The van der Waals surface area contributed by atoms with Gasteiger partial charge in [0.25, 0.3) is 0 Å². The fourth-order valence-electron chi connectivity index (χ4n) is 2.87. The van der Waals surface area contributed by atoms with Crippen molar-refractivity contribution in [1.29, 1.82) is 0 Å². The number of nitrogens with zero attached hydrogens (tertiary/aromatic N) is 2. The summed E-state index contributed by atoms with van der Waals surface area (Å²) in [6.07, 6.45) is 2.75. The maximum Gasteiger partial charge on any atom is 0.224 e. The van der Waals surface area contributed by atoms with E-state index in [0.29, 0.717) is 13.0 Å². The molecule has 1 amide bonds. The lowest BCUT2D eigenvalue weighted by Crippen LogP contribution is -2.14. The van der Waals surface area contributed by atoms with Crippen molar-refractivity contribution in [2.45, 2.75) is 26.7 Å². The van der Waals surface area contributed by atoms with Gasteiger partial charge in [-0.2, -0.15) is 0 Å². The number of para-hydroxylation sites is 1. The Morgan fingerprint density at radius 3 is 2.60 bits per heavy atom. The van der Waals surface area contributed by atoms with Crippen LogP contribution in [0.4, 0.5) is 11.5 Å². The summed E-state index contributed by atoms with van der Waals surface area (Å²) in [7, 11) is 0. The molecule has 2 N–H and O–H groups in total. The fourth-order valence-corrected chi connectivity index (χ4v) is 2.87. The zero-order valence-electron chi connectivity index (χ0n) is 14.5. The highest BCUT2D eigenvalue weighted by Gasteiger charge is 2.05. The van der Waals surface area contributed by atoms with E-state index in [9.17, 15) is 4.79 Å². The zero-order chi connectivity index (χ0) is 17.6. The molecule has 3 rings (SSSR count). The average molecular weight is 334 g/mol. The molecule has 1 heterocycles. The van der Waals surface area contributed by atoms with Crippen molar-refractivity contribution in [3.63, 3.8) is 0 Å². The quantitative estimate of drug-likeness (QED) is 0.667. The first kappa shape index (κ1) is 16.9. The standard InChI is InChI=1S/C20H22N4O/c1-14-10-15(2)12-16(11-14)24-19(25)8-5-9-21-20-17-6-3-4-7-18(17)22-13-23-20/h3-4,6-7,10-13H,5,8-9H2,1-2H3,(H,24,25)(H,21,22,23). The number of aromatic nitrogens is 2. The summed E-state index contributed by atoms with van der Waals surface area (Å²) < 4.78 is 0. The molecule has 0 radical (unpaired) electrons. The topological polar surface area (TPSA) is 66.9 Å². The first-order valence-electron chi connectivity index (χ1n) is 8.43. The molecule has 0 aliphatic heterocycles. The number of aryl methyl sites for hydroxylation is 2. The number of hydrogen-bond donors (Lipinski definition) is 2. The number of carbonyl (C=O) groups is 1. The Bertz CT molecular complexity index is 866. The highest BCUT2D eigenvalue weighted by Crippen LogP contribution is 2.18. The van der Waals surface area contributed by atoms with E-state index in [1.165, 1.54) is 0 Å². The third-order valence-corrected chi connectivity index (χ3v) is 3.92. The Kier molecular flexibility index (Phi) is 5.23. The molecule has 0 atom stereocenters. The van der Waals surface area contributed by atoms with Crippen LogP contribution in [0.3, 0.4) is 0 Å². The first-order valence-corrected chi connectivity index (χ1v) is 8.43. The molecule has 1 aromatic heterocycles. The molecule has 0 aliphatic carbocycles. The third-order valence-electron chi connectivity index (χ3n) is 3.92. The highest BCUT2D eigenvalue weighted by molar-refractivity contribution is 5.91. The summed E-state index contributed by atoms with van der Waals surface area (Å²) in [6.45, 7) is 4.73. The molecule has 0 saturated heterocycles. The number of nitrogens with one attached hydrogen (secondary N) is 2. The molecule has 2 aromatic carbocycles. The van der Waals surface area contributed by atoms with Gasteiger partial charge in [0, 0.05) is 24.0 Å². The van der Waals surface area contributed by atoms with Crippen LogP contribution in [-0.2, 0) is 4.79 Å². The number of rotatable bonds is 6. The summed E-state index contributed by atoms with van der Waals surface area (Å²) >= 11 is 0. The van der Waals surface area contributed by atoms with Crippen LogP contribution >= 0.6 is 0 Å². The first-order chi connectivity index (χ1) is 12.1. The maximum atomic E-state index is 12.1. The van der Waals surface area contributed by atoms with Gasteiger partial charge in [-0.25, -0.2) is 9.97 Å². The van der Waals surface area contributed by atoms with Crippen LogP contribution in [0.1, 0.15) is 24.0 Å². The molecule has 0 spiro atoms. The van der Waals surface area contributed by atoms with Gasteiger partial charge in [0.1, 0.15) is 12.1 Å². The average Bonchev–Trinajstić information content (AvgIpc) is 2.58. The number of anilines is 2. The van der Waals surface area contributed by atoms with Gasteiger partial charge in [-0.1, -0.05) is 18.2 Å². The van der Waals surface area contributed by atoms with Crippen LogP contribution in [0, 0.1) is 13.8 Å². The van der Waals surface area contributed by atoms with Crippen molar-refractivity contribution in [2.75, 3.05) is 17.2 Å². The molecule has 3 aromatic rings. The van der Waals surface area contributed by atoms with E-state index in [-0.39, 0.29) is 5.91 Å². The highest BCUT2D eigenvalue weighted by atomic mass is 16.1. The molecule has 0 unspecified atom stereocenters. The number of amides is 1. The molecule has 0 saturated carbocycles. The minimum absolute atomic E-state index is 0.0272. The van der Waals surface area contributed by atoms with Crippen LogP contribution in [-0.4, -0.2) is 22.4 Å². The minimum Gasteiger partial charge on any atom is -0.369 e. The molecule has 0 fully saturated rings. The molecule has 0 aliphatic rings. The Hall–Kier alpha value is -2.95. The Morgan fingerprint density at radius 1 is 1.04 bits per heavy atom. The predicted molar refractivity (Wildman–Crippen MR) is 102 cm³/mol. The lowest BCUT2D eigenvalue weighted by Gasteiger charge is -2.09. The minimum atomic E-state index is 0.0272. The second-order valence-electron chi connectivity index (χ2n) is 6.19. The second kappa shape index (κ2) is 7.75. The Morgan fingerprint density at radius 2 is 1.80 bits per heavy atom. The molecular formula is C20H22N4O. The van der Waals surface area contributed by atoms with Gasteiger partial charge in [-0.3, -0.25) is 4.79 Å². The van der Waals surface area contributed by atoms with Gasteiger partial charge < -0.3 is 10.6 Å². The van der Waals surface area contributed by atoms with E-state index in [0.717, 1.165) is 40.0 Å². The maximum absolute atomic E-state index is 12.1. The number of benzene rings is 2. The van der Waals surface area contributed by atoms with E-state index in [1.54, 1.807) is 6.33 Å². The fraction of sp³-hybridized carbons (Fsp3) is 0.250. The molecule has 5 heteroatoms. The van der Waals surface area contributed by atoms with E-state index >= 15 is 0 Å². The summed E-state index contributed by atoms with van der Waals surface area (Å²) in [6, 6.07) is 13.9. The van der Waals surface area contributed by atoms with Gasteiger partial charge >= 0.3 is 0 Å². The van der Waals surface area contributed by atoms with E-state index in [2.05, 4.69) is 26.7 Å². The summed E-state index contributed by atoms with van der Waals surface area (Å²) in [5.74, 6) is 0.833. The molecular weight excluding hydrogens is 312 g/mol. The second-order valence-corrected chi connectivity index (χ2v) is 6.19. The largest absolute Gasteiger partial charge is 0.369 e. The van der Waals surface area contributed by atoms with Crippen molar-refractivity contribution in [1.82, 2.24) is 9.97 Å².